The van der Waals surface area contributed by atoms with Crippen molar-refractivity contribution in [3.8, 4) is 5.75 Å². The number of hydrogen-bond donors (Lipinski definition) is 3. The molecule has 3 rings (SSSR count). The predicted molar refractivity (Wildman–Crippen MR) is 133 cm³/mol. The van der Waals surface area contributed by atoms with Gasteiger partial charge in [0.1, 0.15) is 18.4 Å². The molecule has 1 fully saturated rings. The van der Waals surface area contributed by atoms with Gasteiger partial charge in [-0.1, -0.05) is 55.2 Å². The molecule has 1 aliphatic carbocycles. The fourth-order valence-corrected chi connectivity index (χ4v) is 5.10. The second-order valence-electron chi connectivity index (χ2n) is 9.69. The van der Waals surface area contributed by atoms with E-state index < -0.39 is 40.6 Å². The van der Waals surface area contributed by atoms with Crippen molar-refractivity contribution in [1.82, 2.24) is 5.32 Å². The lowest BCUT2D eigenvalue weighted by Crippen LogP contribution is -2.49. The van der Waals surface area contributed by atoms with Gasteiger partial charge in [0.25, 0.3) is 0 Å². The van der Waals surface area contributed by atoms with Crippen LogP contribution in [0.4, 0.5) is 0 Å². The average molecular weight is 522 g/mol. The van der Waals surface area contributed by atoms with Crippen molar-refractivity contribution in [3.63, 3.8) is 0 Å². The standard InChI is InChI=1S/C26H29Cl2NO6/c1-25(2)18(11-12-26(25,3)24(33)34)22(30)29-21(23(31)32)13-15-7-9-16(10-8-15)35-14-17-19(27)5-4-6-20(17)28/h4-10,18,21H,11-14H2,1-3H3,(H,29,30)(H,31,32)(H,33,34)/t18-,21+,26+/m0/s1. The van der Waals surface area contributed by atoms with Crippen LogP contribution in [0.5, 0.6) is 5.75 Å². The van der Waals surface area contributed by atoms with Gasteiger partial charge in [-0.2, -0.15) is 0 Å². The summed E-state index contributed by atoms with van der Waals surface area (Å²) in [6.07, 6.45) is 0.808. The molecule has 0 bridgehead atoms. The molecule has 2 aromatic rings. The predicted octanol–water partition coefficient (Wildman–Crippen LogP) is 5.21. The number of amides is 1. The maximum atomic E-state index is 13.0. The number of carbonyl (C=O) groups excluding carboxylic acids is 1. The second kappa shape index (κ2) is 10.5. The number of aliphatic carboxylic acids is 2. The number of halogens is 2. The van der Waals surface area contributed by atoms with E-state index in [-0.39, 0.29) is 13.0 Å². The minimum Gasteiger partial charge on any atom is -0.489 e. The fourth-order valence-electron chi connectivity index (χ4n) is 4.60. The molecule has 2 aromatic carbocycles. The summed E-state index contributed by atoms with van der Waals surface area (Å²) >= 11 is 12.3. The van der Waals surface area contributed by atoms with E-state index in [9.17, 15) is 24.6 Å². The first kappa shape index (κ1) is 26.8. The van der Waals surface area contributed by atoms with Crippen molar-refractivity contribution in [1.29, 1.82) is 0 Å². The Kier molecular flexibility index (Phi) is 8.02. The largest absolute Gasteiger partial charge is 0.489 e. The Morgan fingerprint density at radius 3 is 2.17 bits per heavy atom. The van der Waals surface area contributed by atoms with Crippen molar-refractivity contribution in [3.05, 3.63) is 63.6 Å². The van der Waals surface area contributed by atoms with Crippen LogP contribution in [-0.2, 0) is 27.4 Å². The molecule has 3 atom stereocenters. The van der Waals surface area contributed by atoms with E-state index >= 15 is 0 Å². The summed E-state index contributed by atoms with van der Waals surface area (Å²) < 4.78 is 5.75. The maximum absolute atomic E-state index is 13.0. The molecule has 1 amide bonds. The van der Waals surface area contributed by atoms with E-state index in [4.69, 9.17) is 27.9 Å². The van der Waals surface area contributed by atoms with Gasteiger partial charge in [0, 0.05) is 27.9 Å². The van der Waals surface area contributed by atoms with E-state index in [1.54, 1.807) is 63.2 Å². The van der Waals surface area contributed by atoms with E-state index in [1.165, 1.54) is 0 Å². The molecule has 0 saturated heterocycles. The first-order chi connectivity index (χ1) is 16.4. The molecule has 0 unspecified atom stereocenters. The van der Waals surface area contributed by atoms with Crippen LogP contribution in [0.1, 0.15) is 44.7 Å². The molecule has 0 aliphatic heterocycles. The van der Waals surface area contributed by atoms with Crippen molar-refractivity contribution in [2.45, 2.75) is 52.7 Å². The van der Waals surface area contributed by atoms with Crippen LogP contribution in [-0.4, -0.2) is 34.1 Å². The van der Waals surface area contributed by atoms with E-state index in [0.29, 0.717) is 39.8 Å². The van der Waals surface area contributed by atoms with Gasteiger partial charge in [-0.05, 0) is 55.0 Å². The third-order valence-electron chi connectivity index (χ3n) is 7.44. The molecule has 3 N–H and O–H groups in total. The van der Waals surface area contributed by atoms with Gasteiger partial charge in [-0.3, -0.25) is 9.59 Å². The van der Waals surface area contributed by atoms with Crippen LogP contribution in [0.15, 0.2) is 42.5 Å². The summed E-state index contributed by atoms with van der Waals surface area (Å²) in [6, 6.07) is 10.9. The number of benzene rings is 2. The lowest BCUT2D eigenvalue weighted by molar-refractivity contribution is -0.155. The van der Waals surface area contributed by atoms with Crippen LogP contribution in [0.2, 0.25) is 10.0 Å². The van der Waals surface area contributed by atoms with Gasteiger partial charge in [-0.25, -0.2) is 4.79 Å². The molecule has 0 heterocycles. The SMILES string of the molecule is CC1(C)[C@H](C(=O)N[C@H](Cc2ccc(OCc3c(Cl)cccc3Cl)cc2)C(=O)O)CC[C@]1(C)C(=O)O. The number of rotatable bonds is 9. The van der Waals surface area contributed by atoms with Gasteiger partial charge in [0.15, 0.2) is 0 Å². The van der Waals surface area contributed by atoms with Crippen LogP contribution in [0.25, 0.3) is 0 Å². The molecule has 1 aliphatic rings. The summed E-state index contributed by atoms with van der Waals surface area (Å²) in [6.45, 7) is 5.32. The van der Waals surface area contributed by atoms with Gasteiger partial charge < -0.3 is 20.3 Å². The van der Waals surface area contributed by atoms with Crippen molar-refractivity contribution in [2.75, 3.05) is 0 Å². The first-order valence-electron chi connectivity index (χ1n) is 11.3. The van der Waals surface area contributed by atoms with Crippen LogP contribution < -0.4 is 10.1 Å². The molecule has 0 aromatic heterocycles. The van der Waals surface area contributed by atoms with E-state index in [0.717, 1.165) is 0 Å². The molecule has 1 saturated carbocycles. The second-order valence-corrected chi connectivity index (χ2v) is 10.5. The van der Waals surface area contributed by atoms with Crippen LogP contribution in [0.3, 0.4) is 0 Å². The zero-order valence-electron chi connectivity index (χ0n) is 19.8. The topological polar surface area (TPSA) is 113 Å². The van der Waals surface area contributed by atoms with Gasteiger partial charge >= 0.3 is 11.9 Å². The molecule has 35 heavy (non-hydrogen) atoms. The Morgan fingerprint density at radius 1 is 1.06 bits per heavy atom. The number of carbonyl (C=O) groups is 3. The number of hydrogen-bond acceptors (Lipinski definition) is 4. The summed E-state index contributed by atoms with van der Waals surface area (Å²) in [4.78, 5) is 36.7. The lowest BCUT2D eigenvalue weighted by atomic mass is 9.65. The van der Waals surface area contributed by atoms with Crippen LogP contribution >= 0.6 is 23.2 Å². The highest BCUT2D eigenvalue weighted by Crippen LogP contribution is 2.56. The van der Waals surface area contributed by atoms with Gasteiger partial charge in [0.2, 0.25) is 5.91 Å². The van der Waals surface area contributed by atoms with E-state index in [1.807, 2.05) is 0 Å². The molecule has 9 heteroatoms. The molecular formula is C26H29Cl2NO6. The summed E-state index contributed by atoms with van der Waals surface area (Å²) in [5, 5.41) is 23.0. The third-order valence-corrected chi connectivity index (χ3v) is 8.15. The lowest BCUT2D eigenvalue weighted by Gasteiger charge is -2.38. The molecule has 0 spiro atoms. The Balaban J connectivity index is 1.64. The number of carboxylic acids is 2. The maximum Gasteiger partial charge on any atom is 0.326 e. The highest BCUT2D eigenvalue weighted by molar-refractivity contribution is 6.35. The van der Waals surface area contributed by atoms with Crippen molar-refractivity contribution in [2.24, 2.45) is 16.7 Å². The summed E-state index contributed by atoms with van der Waals surface area (Å²) in [5.74, 6) is -2.60. The Labute approximate surface area is 214 Å². The molecule has 0 radical (unpaired) electrons. The quantitative estimate of drug-likeness (QED) is 0.417. The average Bonchev–Trinajstić information content (AvgIpc) is 3.03. The Bertz CT molecular complexity index is 1100. The first-order valence-corrected chi connectivity index (χ1v) is 12.0. The summed E-state index contributed by atoms with van der Waals surface area (Å²) in [5.41, 5.74) is -0.517. The minimum atomic E-state index is -1.16. The molecule has 7 nitrogen and oxygen atoms in total. The van der Waals surface area contributed by atoms with Crippen molar-refractivity contribution >= 4 is 41.0 Å². The molecular weight excluding hydrogens is 493 g/mol. The number of nitrogens with one attached hydrogen (secondary N) is 1. The Hall–Kier alpha value is -2.77. The van der Waals surface area contributed by atoms with Gasteiger partial charge in [-0.15, -0.1) is 0 Å². The third kappa shape index (κ3) is 5.57. The van der Waals surface area contributed by atoms with Crippen molar-refractivity contribution < 1.29 is 29.3 Å². The van der Waals surface area contributed by atoms with Gasteiger partial charge in [0.05, 0.1) is 5.41 Å². The normalized spacial score (nSPS) is 21.8. The monoisotopic (exact) mass is 521 g/mol. The zero-order valence-corrected chi connectivity index (χ0v) is 21.3. The zero-order chi connectivity index (χ0) is 26.0. The Morgan fingerprint density at radius 2 is 1.66 bits per heavy atom. The number of ether oxygens (including phenoxy) is 1. The van der Waals surface area contributed by atoms with Crippen LogP contribution in [0, 0.1) is 16.7 Å². The summed E-state index contributed by atoms with van der Waals surface area (Å²) in [7, 11) is 0. The highest BCUT2D eigenvalue weighted by atomic mass is 35.5. The van der Waals surface area contributed by atoms with E-state index in [2.05, 4.69) is 5.32 Å². The highest BCUT2D eigenvalue weighted by Gasteiger charge is 2.58. The fraction of sp³-hybridized carbons (Fsp3) is 0.423. The smallest absolute Gasteiger partial charge is 0.326 e. The molecule has 188 valence electrons. The minimum absolute atomic E-state index is 0.0705. The number of carboxylic acid groups (broad SMARTS) is 2.